The number of carboxylic acids is 2. The van der Waals surface area contributed by atoms with Crippen LogP contribution in [0.3, 0.4) is 0 Å². The third-order valence-corrected chi connectivity index (χ3v) is 6.19. The minimum atomic E-state index is -1.39. The molecule has 4 atom stereocenters. The molecule has 13 N–H and O–H groups in total. The zero-order chi connectivity index (χ0) is 31.9. The van der Waals surface area contributed by atoms with Crippen LogP contribution < -0.4 is 33.2 Å². The summed E-state index contributed by atoms with van der Waals surface area (Å²) in [6, 6.07) is 0.582. The molecule has 0 aliphatic carbocycles. The van der Waals surface area contributed by atoms with Crippen LogP contribution in [-0.2, 0) is 36.8 Å². The molecule has 0 fully saturated rings. The highest BCUT2D eigenvalue weighted by molar-refractivity contribution is 5.94. The van der Waals surface area contributed by atoms with Gasteiger partial charge in [-0.3, -0.25) is 24.2 Å². The van der Waals surface area contributed by atoms with E-state index in [4.69, 9.17) is 22.3 Å². The number of nitrogens with one attached hydrogen (secondary N) is 4. The molecule has 2 rings (SSSR count). The third-order valence-electron chi connectivity index (χ3n) is 6.19. The lowest BCUT2D eigenvalue weighted by Gasteiger charge is -2.25. The Morgan fingerprint density at radius 2 is 1.51 bits per heavy atom. The second-order valence-electron chi connectivity index (χ2n) is 9.66. The van der Waals surface area contributed by atoms with E-state index in [2.05, 4.69) is 30.9 Å². The Labute approximate surface area is 246 Å². The number of aromatic hydroxyl groups is 1. The minimum absolute atomic E-state index is 0.0153. The normalized spacial score (nSPS) is 13.5. The number of aromatic amines is 1. The summed E-state index contributed by atoms with van der Waals surface area (Å²) in [6.45, 7) is 0.223. The van der Waals surface area contributed by atoms with Crippen molar-refractivity contribution in [1.82, 2.24) is 25.9 Å². The van der Waals surface area contributed by atoms with Crippen molar-refractivity contribution in [3.8, 4) is 5.75 Å². The number of aliphatic imine (C=N–C) groups is 1. The largest absolute Gasteiger partial charge is 0.508 e. The summed E-state index contributed by atoms with van der Waals surface area (Å²) in [5.74, 6) is -5.16. The number of imidazole rings is 1. The third kappa shape index (κ3) is 12.5. The van der Waals surface area contributed by atoms with Crippen LogP contribution in [0.2, 0.25) is 0 Å². The van der Waals surface area contributed by atoms with Crippen LogP contribution in [0.4, 0.5) is 0 Å². The maximum atomic E-state index is 13.3. The van der Waals surface area contributed by atoms with Crippen LogP contribution in [0.15, 0.2) is 41.8 Å². The molecule has 1 heterocycles. The summed E-state index contributed by atoms with van der Waals surface area (Å²) in [5.41, 5.74) is 17.4. The van der Waals surface area contributed by atoms with E-state index >= 15 is 0 Å². The van der Waals surface area contributed by atoms with Gasteiger partial charge in [0.25, 0.3) is 0 Å². The Balaban J connectivity index is 2.18. The van der Waals surface area contributed by atoms with E-state index < -0.39 is 60.2 Å². The molecule has 43 heavy (non-hydrogen) atoms. The predicted octanol–water partition coefficient (Wildman–Crippen LogP) is -2.31. The van der Waals surface area contributed by atoms with Crippen LogP contribution in [0.5, 0.6) is 5.75 Å². The standard InChI is InChI=1S/C26H37N9O8/c27-17(2-1-9-31-26(28)29)22(39)33-18(7-8-21(37)38)23(40)34-19(11-15-12-30-13-32-15)24(41)35-20(25(42)43)10-14-3-5-16(36)6-4-14/h3-6,12-13,17-20,36H,1-2,7-11,27H2,(H,30,32)(H,33,39)(H,34,40)(H,35,41)(H,37,38)(H,42,43)(H4,28,29,31). The Bertz CT molecular complexity index is 1260. The number of rotatable bonds is 18. The number of phenols is 1. The van der Waals surface area contributed by atoms with E-state index in [1.807, 2.05) is 0 Å². The van der Waals surface area contributed by atoms with Gasteiger partial charge in [0.1, 0.15) is 23.9 Å². The molecular formula is C26H37N9O8. The van der Waals surface area contributed by atoms with E-state index in [0.717, 1.165) is 0 Å². The highest BCUT2D eigenvalue weighted by atomic mass is 16.4. The Morgan fingerprint density at radius 3 is 2.09 bits per heavy atom. The van der Waals surface area contributed by atoms with E-state index in [0.29, 0.717) is 17.7 Å². The van der Waals surface area contributed by atoms with Gasteiger partial charge in [0.2, 0.25) is 17.7 Å². The first-order chi connectivity index (χ1) is 20.3. The molecule has 1 aromatic carbocycles. The predicted molar refractivity (Wildman–Crippen MR) is 152 cm³/mol. The summed E-state index contributed by atoms with van der Waals surface area (Å²) >= 11 is 0. The van der Waals surface area contributed by atoms with Crippen molar-refractivity contribution in [2.45, 2.75) is 62.7 Å². The van der Waals surface area contributed by atoms with E-state index in [1.165, 1.54) is 36.8 Å². The maximum absolute atomic E-state index is 13.3. The van der Waals surface area contributed by atoms with Crippen molar-refractivity contribution >= 4 is 35.6 Å². The van der Waals surface area contributed by atoms with Gasteiger partial charge in [-0.1, -0.05) is 12.1 Å². The molecule has 0 saturated carbocycles. The first kappa shape index (κ1) is 34.0. The number of benzene rings is 1. The number of nitrogens with two attached hydrogens (primary N) is 3. The zero-order valence-corrected chi connectivity index (χ0v) is 23.2. The van der Waals surface area contributed by atoms with Gasteiger partial charge in [0, 0.05) is 37.7 Å². The van der Waals surface area contributed by atoms with Crippen molar-refractivity contribution in [3.63, 3.8) is 0 Å². The van der Waals surface area contributed by atoms with Crippen LogP contribution in [0, 0.1) is 0 Å². The van der Waals surface area contributed by atoms with Gasteiger partial charge in [-0.2, -0.15) is 0 Å². The number of carboxylic acid groups (broad SMARTS) is 2. The first-order valence-corrected chi connectivity index (χ1v) is 13.3. The monoisotopic (exact) mass is 603 g/mol. The quantitative estimate of drug-likeness (QED) is 0.0488. The van der Waals surface area contributed by atoms with Gasteiger partial charge < -0.3 is 53.5 Å². The molecule has 4 unspecified atom stereocenters. The number of carbonyl (C=O) groups excluding carboxylic acids is 3. The molecule has 0 spiro atoms. The van der Waals surface area contributed by atoms with Crippen molar-refractivity contribution in [3.05, 3.63) is 48.0 Å². The van der Waals surface area contributed by atoms with Gasteiger partial charge >= 0.3 is 11.9 Å². The highest BCUT2D eigenvalue weighted by Gasteiger charge is 2.31. The Hall–Kier alpha value is -5.19. The summed E-state index contributed by atoms with van der Waals surface area (Å²) in [7, 11) is 0. The number of aliphatic carboxylic acids is 2. The molecule has 0 bridgehead atoms. The van der Waals surface area contributed by atoms with E-state index in [-0.39, 0.29) is 43.9 Å². The van der Waals surface area contributed by atoms with Crippen LogP contribution in [0.1, 0.15) is 36.9 Å². The number of hydrogen-bond donors (Lipinski definition) is 10. The molecule has 17 heteroatoms. The van der Waals surface area contributed by atoms with Crippen molar-refractivity contribution in [2.24, 2.45) is 22.2 Å². The number of phenolic OH excluding ortho intramolecular Hbond substituents is 1. The van der Waals surface area contributed by atoms with Crippen molar-refractivity contribution < 1.29 is 39.3 Å². The smallest absolute Gasteiger partial charge is 0.326 e. The summed E-state index contributed by atoms with van der Waals surface area (Å²) < 4.78 is 0. The second-order valence-corrected chi connectivity index (χ2v) is 9.66. The van der Waals surface area contributed by atoms with Crippen LogP contribution in [0.25, 0.3) is 0 Å². The summed E-state index contributed by atoms with van der Waals surface area (Å²) in [4.78, 5) is 72.9. The topological polar surface area (TPSA) is 301 Å². The fourth-order valence-electron chi connectivity index (χ4n) is 3.90. The number of amides is 3. The van der Waals surface area contributed by atoms with Gasteiger partial charge in [-0.25, -0.2) is 9.78 Å². The Morgan fingerprint density at radius 1 is 0.884 bits per heavy atom. The number of guanidine groups is 1. The minimum Gasteiger partial charge on any atom is -0.508 e. The first-order valence-electron chi connectivity index (χ1n) is 13.3. The Kier molecular flexibility index (Phi) is 13.4. The molecule has 0 radical (unpaired) electrons. The molecule has 0 aliphatic heterocycles. The highest BCUT2D eigenvalue weighted by Crippen LogP contribution is 2.12. The average molecular weight is 604 g/mol. The second kappa shape index (κ2) is 16.9. The summed E-state index contributed by atoms with van der Waals surface area (Å²) in [5, 5.41) is 35.7. The molecule has 17 nitrogen and oxygen atoms in total. The van der Waals surface area contributed by atoms with Gasteiger partial charge in [0.05, 0.1) is 12.4 Å². The van der Waals surface area contributed by atoms with Gasteiger partial charge in [-0.15, -0.1) is 0 Å². The van der Waals surface area contributed by atoms with Crippen LogP contribution >= 0.6 is 0 Å². The van der Waals surface area contributed by atoms with Crippen molar-refractivity contribution in [1.29, 1.82) is 0 Å². The zero-order valence-electron chi connectivity index (χ0n) is 23.2. The number of hydrogen-bond acceptors (Lipinski definition) is 9. The fourth-order valence-corrected chi connectivity index (χ4v) is 3.90. The SMILES string of the molecule is NC(N)=NCCCC(N)C(=O)NC(CCC(=O)O)C(=O)NC(Cc1cnc[nH]1)C(=O)NC(Cc1ccc(O)cc1)C(=O)O. The lowest BCUT2D eigenvalue weighted by atomic mass is 10.0. The maximum Gasteiger partial charge on any atom is 0.326 e. The van der Waals surface area contributed by atoms with Gasteiger partial charge in [-0.05, 0) is 37.0 Å². The van der Waals surface area contributed by atoms with Crippen LogP contribution in [-0.4, -0.2) is 91.6 Å². The van der Waals surface area contributed by atoms with Gasteiger partial charge in [0.15, 0.2) is 5.96 Å². The molecule has 1 aromatic heterocycles. The molecule has 0 aliphatic rings. The summed E-state index contributed by atoms with van der Waals surface area (Å²) in [6.07, 6.45) is 2.23. The molecule has 3 amide bonds. The lowest BCUT2D eigenvalue weighted by Crippen LogP contribution is -2.58. The lowest BCUT2D eigenvalue weighted by molar-refractivity contribution is -0.142. The fraction of sp³-hybridized carbons (Fsp3) is 0.423. The number of H-pyrrole nitrogens is 1. The molecular weight excluding hydrogens is 566 g/mol. The molecule has 0 saturated heterocycles. The molecule has 234 valence electrons. The van der Waals surface area contributed by atoms with E-state index in [9.17, 15) is 34.2 Å². The van der Waals surface area contributed by atoms with E-state index in [1.54, 1.807) is 0 Å². The number of aromatic nitrogens is 2. The number of nitrogens with zero attached hydrogens (tertiary/aromatic N) is 2. The average Bonchev–Trinajstić information content (AvgIpc) is 3.46. The van der Waals surface area contributed by atoms with Crippen molar-refractivity contribution in [2.75, 3.05) is 6.54 Å². The number of carbonyl (C=O) groups is 5. The molecule has 2 aromatic rings.